The van der Waals surface area contributed by atoms with E-state index < -0.39 is 0 Å². The Morgan fingerprint density at radius 3 is 1.88 bits per heavy atom. The Morgan fingerprint density at radius 1 is 0.769 bits per heavy atom. The molecule has 0 saturated carbocycles. The van der Waals surface area contributed by atoms with Gasteiger partial charge in [-0.15, -0.1) is 0 Å². The number of hydrogen-bond donors (Lipinski definition) is 0. The van der Waals surface area contributed by atoms with Gasteiger partial charge in [-0.2, -0.15) is 4.99 Å². The van der Waals surface area contributed by atoms with Crippen LogP contribution in [0.3, 0.4) is 0 Å². The van der Waals surface area contributed by atoms with E-state index in [0.717, 1.165) is 27.8 Å². The second-order valence-corrected chi connectivity index (χ2v) is 6.86. The average Bonchev–Trinajstić information content (AvgIpc) is 2.58. The molecular weight excluding hydrogens is 341 g/mol. The molecule has 0 N–H and O–H groups in total. The largest absolute Gasteiger partial charge is 0.205 e. The van der Waals surface area contributed by atoms with Crippen LogP contribution in [0.2, 0.25) is 0 Å². The number of thiocarbonyl (C=S) groups is 1. The molecular formula is C23H20FNS. The summed E-state index contributed by atoms with van der Waals surface area (Å²) in [6.45, 7) is 8.05. The molecule has 130 valence electrons. The summed E-state index contributed by atoms with van der Waals surface area (Å²) < 4.78 is 14.4. The smallest absolute Gasteiger partial charge is 0.150 e. The first-order valence-electron chi connectivity index (χ1n) is 8.47. The fraction of sp³-hybridized carbons (Fsp3) is 0.174. The van der Waals surface area contributed by atoms with Crippen LogP contribution in [0.5, 0.6) is 0 Å². The third kappa shape index (κ3) is 3.50. The molecule has 0 saturated heterocycles. The van der Waals surface area contributed by atoms with Crippen LogP contribution in [0, 0.1) is 33.5 Å². The molecule has 0 aliphatic carbocycles. The van der Waals surface area contributed by atoms with Crippen LogP contribution in [-0.2, 0) is 0 Å². The summed E-state index contributed by atoms with van der Waals surface area (Å²) in [5.74, 6) is -0.376. The Morgan fingerprint density at radius 2 is 1.35 bits per heavy atom. The van der Waals surface area contributed by atoms with Crippen molar-refractivity contribution in [2.45, 2.75) is 27.7 Å². The third-order valence-electron chi connectivity index (χ3n) is 4.62. The second-order valence-electron chi connectivity index (χ2n) is 6.68. The van der Waals surface area contributed by atoms with Gasteiger partial charge in [0.15, 0.2) is 5.82 Å². The van der Waals surface area contributed by atoms with Gasteiger partial charge in [-0.25, -0.2) is 4.39 Å². The zero-order chi connectivity index (χ0) is 18.8. The molecule has 0 heterocycles. The molecule has 0 unspecified atom stereocenters. The van der Waals surface area contributed by atoms with Gasteiger partial charge in [0.05, 0.1) is 5.16 Å². The first-order chi connectivity index (χ1) is 12.4. The second kappa shape index (κ2) is 7.33. The van der Waals surface area contributed by atoms with E-state index in [1.807, 2.05) is 13.0 Å². The van der Waals surface area contributed by atoms with Crippen LogP contribution in [0.1, 0.15) is 22.3 Å². The number of aryl methyl sites for hydroxylation is 4. The van der Waals surface area contributed by atoms with Gasteiger partial charge >= 0.3 is 0 Å². The quantitative estimate of drug-likeness (QED) is 0.357. The summed E-state index contributed by atoms with van der Waals surface area (Å²) in [5.41, 5.74) is 8.74. The van der Waals surface area contributed by atoms with Gasteiger partial charge in [0, 0.05) is 0 Å². The number of hydrogen-bond acceptors (Lipinski definition) is 2. The average molecular weight is 361 g/mol. The molecule has 0 aromatic heterocycles. The fourth-order valence-electron chi connectivity index (χ4n) is 3.40. The number of halogens is 1. The number of isothiocyanates is 1. The Kier molecular flexibility index (Phi) is 5.13. The van der Waals surface area contributed by atoms with Crippen molar-refractivity contribution in [3.8, 4) is 22.3 Å². The monoisotopic (exact) mass is 361 g/mol. The molecule has 0 amide bonds. The lowest BCUT2D eigenvalue weighted by Crippen LogP contribution is -1.93. The van der Waals surface area contributed by atoms with Gasteiger partial charge in [0.1, 0.15) is 5.69 Å². The van der Waals surface area contributed by atoms with Gasteiger partial charge in [-0.3, -0.25) is 0 Å². The van der Waals surface area contributed by atoms with Crippen LogP contribution >= 0.6 is 12.2 Å². The maximum atomic E-state index is 14.4. The van der Waals surface area contributed by atoms with Gasteiger partial charge < -0.3 is 0 Å². The zero-order valence-electron chi connectivity index (χ0n) is 15.4. The predicted molar refractivity (Wildman–Crippen MR) is 111 cm³/mol. The Bertz CT molecular complexity index is 983. The standard InChI is InChI=1S/C23H20FNS/c1-14-5-7-18(8-6-14)19-9-15(2)22(16(3)10-19)20-11-17(4)23(25-13-26)21(24)12-20/h5-12H,1-4H3. The highest BCUT2D eigenvalue weighted by atomic mass is 32.1. The molecule has 3 rings (SSSR count). The lowest BCUT2D eigenvalue weighted by atomic mass is 9.90. The van der Waals surface area contributed by atoms with E-state index in [9.17, 15) is 4.39 Å². The first kappa shape index (κ1) is 18.2. The van der Waals surface area contributed by atoms with Crippen molar-refractivity contribution in [3.63, 3.8) is 0 Å². The van der Waals surface area contributed by atoms with Crippen molar-refractivity contribution >= 4 is 23.1 Å². The summed E-state index contributed by atoms with van der Waals surface area (Å²) in [6, 6.07) is 16.3. The minimum absolute atomic E-state index is 0.260. The van der Waals surface area contributed by atoms with E-state index in [4.69, 9.17) is 0 Å². The Labute approximate surface area is 159 Å². The van der Waals surface area contributed by atoms with Crippen LogP contribution < -0.4 is 0 Å². The Balaban J connectivity index is 2.12. The molecule has 0 spiro atoms. The molecule has 0 fully saturated rings. The van der Waals surface area contributed by atoms with Crippen LogP contribution in [-0.4, -0.2) is 5.16 Å². The van der Waals surface area contributed by atoms with Crippen molar-refractivity contribution < 1.29 is 4.39 Å². The number of benzene rings is 3. The molecule has 0 atom stereocenters. The Hall–Kier alpha value is -2.61. The third-order valence-corrected chi connectivity index (χ3v) is 4.71. The van der Waals surface area contributed by atoms with E-state index in [-0.39, 0.29) is 11.5 Å². The summed E-state index contributed by atoms with van der Waals surface area (Å²) in [6.07, 6.45) is 0. The van der Waals surface area contributed by atoms with E-state index in [1.165, 1.54) is 22.8 Å². The SMILES string of the molecule is Cc1ccc(-c2cc(C)c(-c3cc(C)c(N=C=S)c(F)c3)c(C)c2)cc1. The number of nitrogens with zero attached hydrogens (tertiary/aromatic N) is 1. The van der Waals surface area contributed by atoms with E-state index >= 15 is 0 Å². The van der Waals surface area contributed by atoms with Gasteiger partial charge in [0.25, 0.3) is 0 Å². The molecule has 3 aromatic rings. The topological polar surface area (TPSA) is 12.4 Å². The van der Waals surface area contributed by atoms with Crippen molar-refractivity contribution in [1.29, 1.82) is 0 Å². The maximum Gasteiger partial charge on any atom is 0.150 e. The molecule has 0 radical (unpaired) electrons. The number of aliphatic imine (C=N–C) groups is 1. The van der Waals surface area contributed by atoms with E-state index in [2.05, 4.69) is 79.5 Å². The highest BCUT2D eigenvalue weighted by Gasteiger charge is 2.13. The lowest BCUT2D eigenvalue weighted by molar-refractivity contribution is 0.629. The normalized spacial score (nSPS) is 10.5. The van der Waals surface area contributed by atoms with Gasteiger partial charge in [-0.1, -0.05) is 42.0 Å². The van der Waals surface area contributed by atoms with Crippen LogP contribution in [0.15, 0.2) is 53.5 Å². The molecule has 3 aromatic carbocycles. The van der Waals surface area contributed by atoms with Crippen LogP contribution in [0.25, 0.3) is 22.3 Å². The summed E-state index contributed by atoms with van der Waals surface area (Å²) in [4.78, 5) is 3.84. The highest BCUT2D eigenvalue weighted by molar-refractivity contribution is 7.78. The first-order valence-corrected chi connectivity index (χ1v) is 8.88. The fourth-order valence-corrected chi connectivity index (χ4v) is 3.49. The summed E-state index contributed by atoms with van der Waals surface area (Å²) in [7, 11) is 0. The van der Waals surface area contributed by atoms with Crippen LogP contribution in [0.4, 0.5) is 10.1 Å². The molecule has 1 nitrogen and oxygen atoms in total. The number of rotatable bonds is 3. The van der Waals surface area contributed by atoms with Gasteiger partial charge in [-0.05, 0) is 91.0 Å². The predicted octanol–water partition coefficient (Wildman–Crippen LogP) is 7.13. The van der Waals surface area contributed by atoms with E-state index in [0.29, 0.717) is 0 Å². The zero-order valence-corrected chi connectivity index (χ0v) is 16.2. The van der Waals surface area contributed by atoms with Gasteiger partial charge in [0.2, 0.25) is 0 Å². The molecule has 0 aliphatic heterocycles. The van der Waals surface area contributed by atoms with Crippen molar-refractivity contribution in [1.82, 2.24) is 0 Å². The van der Waals surface area contributed by atoms with Crippen molar-refractivity contribution in [2.75, 3.05) is 0 Å². The molecule has 0 bridgehead atoms. The molecule has 0 aliphatic rings. The summed E-state index contributed by atoms with van der Waals surface area (Å²) in [5, 5.41) is 2.25. The molecule has 26 heavy (non-hydrogen) atoms. The van der Waals surface area contributed by atoms with E-state index in [1.54, 1.807) is 0 Å². The minimum atomic E-state index is -0.376. The van der Waals surface area contributed by atoms with Crippen molar-refractivity contribution in [3.05, 3.63) is 76.6 Å². The lowest BCUT2D eigenvalue weighted by Gasteiger charge is -2.15. The highest BCUT2D eigenvalue weighted by Crippen LogP contribution is 2.35. The minimum Gasteiger partial charge on any atom is -0.205 e. The molecule has 3 heteroatoms. The summed E-state index contributed by atoms with van der Waals surface area (Å²) >= 11 is 4.61. The van der Waals surface area contributed by atoms with Crippen molar-refractivity contribution in [2.24, 2.45) is 4.99 Å². The maximum absolute atomic E-state index is 14.4.